The van der Waals surface area contributed by atoms with E-state index < -0.39 is 5.97 Å². The summed E-state index contributed by atoms with van der Waals surface area (Å²) >= 11 is 0. The summed E-state index contributed by atoms with van der Waals surface area (Å²) in [5, 5.41) is 20.9. The number of benzene rings is 1. The fourth-order valence-corrected chi connectivity index (χ4v) is 1.66. The topological polar surface area (TPSA) is 120 Å². The first-order valence-corrected chi connectivity index (χ1v) is 6.62. The van der Waals surface area contributed by atoms with Gasteiger partial charge in [-0.3, -0.25) is 5.43 Å². The number of ether oxygens (including phenoxy) is 2. The van der Waals surface area contributed by atoms with Gasteiger partial charge in [-0.05, 0) is 18.2 Å². The SMILES string of the molecule is COC(=O)c1ccnc(Oc2cccc(NN=C(C#N)C#N)c2)c1. The summed E-state index contributed by atoms with van der Waals surface area (Å²) in [6.07, 6.45) is 1.43. The maximum Gasteiger partial charge on any atom is 0.338 e. The van der Waals surface area contributed by atoms with Crippen molar-refractivity contribution in [1.82, 2.24) is 4.98 Å². The van der Waals surface area contributed by atoms with Gasteiger partial charge in [-0.15, -0.1) is 0 Å². The largest absolute Gasteiger partial charge is 0.465 e. The molecule has 118 valence electrons. The predicted molar refractivity (Wildman–Crippen MR) is 84.4 cm³/mol. The van der Waals surface area contributed by atoms with Gasteiger partial charge < -0.3 is 9.47 Å². The van der Waals surface area contributed by atoms with E-state index in [-0.39, 0.29) is 11.6 Å². The van der Waals surface area contributed by atoms with Crippen LogP contribution in [0.2, 0.25) is 0 Å². The Bertz CT molecular complexity index is 849. The van der Waals surface area contributed by atoms with Crippen LogP contribution in [0.25, 0.3) is 0 Å². The van der Waals surface area contributed by atoms with Gasteiger partial charge >= 0.3 is 5.97 Å². The molecule has 24 heavy (non-hydrogen) atoms. The molecular formula is C16H11N5O3. The maximum atomic E-state index is 11.5. The highest BCUT2D eigenvalue weighted by Gasteiger charge is 2.08. The molecule has 0 fully saturated rings. The van der Waals surface area contributed by atoms with E-state index in [2.05, 4.69) is 20.2 Å². The molecule has 8 nitrogen and oxygen atoms in total. The number of aromatic nitrogens is 1. The number of rotatable bonds is 5. The molecule has 0 bridgehead atoms. The van der Waals surface area contributed by atoms with Crippen LogP contribution in [0.5, 0.6) is 11.6 Å². The molecule has 2 aromatic rings. The van der Waals surface area contributed by atoms with Crippen LogP contribution >= 0.6 is 0 Å². The Morgan fingerprint density at radius 1 is 1.25 bits per heavy atom. The number of esters is 1. The Morgan fingerprint density at radius 3 is 2.75 bits per heavy atom. The normalized spacial score (nSPS) is 9.12. The van der Waals surface area contributed by atoms with Gasteiger partial charge in [-0.1, -0.05) is 6.07 Å². The number of pyridine rings is 1. The van der Waals surface area contributed by atoms with Crippen LogP contribution in [0.4, 0.5) is 5.69 Å². The second-order valence-electron chi connectivity index (χ2n) is 4.30. The number of carbonyl (C=O) groups is 1. The lowest BCUT2D eigenvalue weighted by atomic mass is 10.2. The zero-order valence-electron chi connectivity index (χ0n) is 12.6. The average molecular weight is 321 g/mol. The molecule has 0 unspecified atom stereocenters. The van der Waals surface area contributed by atoms with E-state index in [4.69, 9.17) is 15.3 Å². The molecule has 1 aromatic carbocycles. The minimum absolute atomic E-state index is 0.216. The van der Waals surface area contributed by atoms with E-state index >= 15 is 0 Å². The summed E-state index contributed by atoms with van der Waals surface area (Å²) < 4.78 is 10.2. The van der Waals surface area contributed by atoms with Crippen LogP contribution < -0.4 is 10.2 Å². The molecule has 1 N–H and O–H groups in total. The molecule has 0 radical (unpaired) electrons. The van der Waals surface area contributed by atoms with Gasteiger partial charge in [0, 0.05) is 18.3 Å². The summed E-state index contributed by atoms with van der Waals surface area (Å²) in [4.78, 5) is 15.5. The van der Waals surface area contributed by atoms with Crippen molar-refractivity contribution in [3.05, 3.63) is 48.2 Å². The first-order valence-electron chi connectivity index (χ1n) is 6.62. The van der Waals surface area contributed by atoms with Gasteiger partial charge in [0.25, 0.3) is 0 Å². The van der Waals surface area contributed by atoms with Crippen molar-refractivity contribution in [3.8, 4) is 23.8 Å². The van der Waals surface area contributed by atoms with Gasteiger partial charge in [0.15, 0.2) is 0 Å². The van der Waals surface area contributed by atoms with Gasteiger partial charge in [-0.25, -0.2) is 9.78 Å². The summed E-state index contributed by atoms with van der Waals surface area (Å²) in [7, 11) is 1.29. The third kappa shape index (κ3) is 4.29. The quantitative estimate of drug-likeness (QED) is 0.510. The third-order valence-electron chi connectivity index (χ3n) is 2.72. The van der Waals surface area contributed by atoms with Crippen LogP contribution in [-0.4, -0.2) is 23.8 Å². The molecule has 0 atom stereocenters. The number of carbonyl (C=O) groups excluding carboxylic acids is 1. The number of anilines is 1. The van der Waals surface area contributed by atoms with Crippen LogP contribution in [0, 0.1) is 22.7 Å². The number of hydrogen-bond acceptors (Lipinski definition) is 8. The Hall–Kier alpha value is -3.91. The first kappa shape index (κ1) is 16.5. The van der Waals surface area contributed by atoms with Crippen LogP contribution in [0.3, 0.4) is 0 Å². The Kier molecular flexibility index (Phi) is 5.43. The second-order valence-corrected chi connectivity index (χ2v) is 4.30. The standard InChI is InChI=1S/C16H11N5O3/c1-23-16(22)11-5-6-19-15(7-11)24-14-4-2-3-12(8-14)20-21-13(9-17)10-18/h2-8,20H,1H3. The summed E-state index contributed by atoms with van der Waals surface area (Å²) in [6.45, 7) is 0. The minimum Gasteiger partial charge on any atom is -0.465 e. The lowest BCUT2D eigenvalue weighted by Gasteiger charge is -2.07. The monoisotopic (exact) mass is 321 g/mol. The van der Waals surface area contributed by atoms with Crippen LogP contribution in [0.1, 0.15) is 10.4 Å². The second kappa shape index (κ2) is 7.92. The van der Waals surface area contributed by atoms with Gasteiger partial charge in [0.1, 0.15) is 17.9 Å². The molecule has 0 amide bonds. The van der Waals surface area contributed by atoms with E-state index in [1.165, 1.54) is 25.4 Å². The molecular weight excluding hydrogens is 310 g/mol. The summed E-state index contributed by atoms with van der Waals surface area (Å²) in [6, 6.07) is 12.9. The zero-order chi connectivity index (χ0) is 17.4. The Labute approximate surface area is 137 Å². The molecule has 1 heterocycles. The number of nitrogens with one attached hydrogen (secondary N) is 1. The van der Waals surface area contributed by atoms with Crippen molar-refractivity contribution >= 4 is 17.4 Å². The molecule has 0 aliphatic rings. The first-order chi connectivity index (χ1) is 11.7. The van der Waals surface area contributed by atoms with E-state index in [9.17, 15) is 4.79 Å². The molecule has 0 aliphatic heterocycles. The highest BCUT2D eigenvalue weighted by Crippen LogP contribution is 2.23. The van der Waals surface area contributed by atoms with Crippen LogP contribution in [0.15, 0.2) is 47.7 Å². The lowest BCUT2D eigenvalue weighted by Crippen LogP contribution is -2.01. The molecule has 8 heteroatoms. The highest BCUT2D eigenvalue weighted by atomic mass is 16.5. The number of nitriles is 2. The lowest BCUT2D eigenvalue weighted by molar-refractivity contribution is 0.0600. The molecule has 1 aromatic heterocycles. The third-order valence-corrected chi connectivity index (χ3v) is 2.72. The highest BCUT2D eigenvalue weighted by molar-refractivity contribution is 6.10. The summed E-state index contributed by atoms with van der Waals surface area (Å²) in [5.74, 6) is 0.154. The smallest absolute Gasteiger partial charge is 0.338 e. The van der Waals surface area contributed by atoms with Crippen molar-refractivity contribution in [2.24, 2.45) is 5.10 Å². The van der Waals surface area contributed by atoms with Gasteiger partial charge in [0.05, 0.1) is 18.4 Å². The van der Waals surface area contributed by atoms with E-state index in [0.29, 0.717) is 17.0 Å². The van der Waals surface area contributed by atoms with Crippen molar-refractivity contribution in [2.75, 3.05) is 12.5 Å². The average Bonchev–Trinajstić information content (AvgIpc) is 2.62. The molecule has 0 saturated carbocycles. The van der Waals surface area contributed by atoms with E-state index in [1.54, 1.807) is 36.4 Å². The zero-order valence-corrected chi connectivity index (χ0v) is 12.6. The van der Waals surface area contributed by atoms with Crippen molar-refractivity contribution in [1.29, 1.82) is 10.5 Å². The molecule has 0 spiro atoms. The van der Waals surface area contributed by atoms with Gasteiger partial charge in [-0.2, -0.15) is 15.6 Å². The van der Waals surface area contributed by atoms with E-state index in [1.807, 2.05) is 0 Å². The van der Waals surface area contributed by atoms with Crippen LogP contribution in [-0.2, 0) is 4.74 Å². The fraction of sp³-hybridized carbons (Fsp3) is 0.0625. The summed E-state index contributed by atoms with van der Waals surface area (Å²) in [5.41, 5.74) is 3.11. The number of nitrogens with zero attached hydrogens (tertiary/aromatic N) is 4. The van der Waals surface area contributed by atoms with Crippen molar-refractivity contribution in [3.63, 3.8) is 0 Å². The van der Waals surface area contributed by atoms with Gasteiger partial charge in [0.2, 0.25) is 11.6 Å². The Balaban J connectivity index is 2.16. The Morgan fingerprint density at radius 2 is 2.04 bits per heavy atom. The van der Waals surface area contributed by atoms with Crippen molar-refractivity contribution < 1.29 is 14.3 Å². The minimum atomic E-state index is -0.493. The molecule has 0 saturated heterocycles. The molecule has 0 aliphatic carbocycles. The number of hydrogen-bond donors (Lipinski definition) is 1. The van der Waals surface area contributed by atoms with Crippen molar-refractivity contribution in [2.45, 2.75) is 0 Å². The molecule has 2 rings (SSSR count). The fourth-order valence-electron chi connectivity index (χ4n) is 1.66. The predicted octanol–water partition coefficient (Wildman–Crippen LogP) is 2.48. The van der Waals surface area contributed by atoms with E-state index in [0.717, 1.165) is 0 Å². The maximum absolute atomic E-state index is 11.5. The number of methoxy groups -OCH3 is 1. The number of hydrazone groups is 1.